The Kier molecular flexibility index (Phi) is 6.00. The summed E-state index contributed by atoms with van der Waals surface area (Å²) in [6.45, 7) is -0.966. The van der Waals surface area contributed by atoms with E-state index >= 15 is 0 Å². The normalized spacial score (nSPS) is 20.9. The van der Waals surface area contributed by atoms with Crippen LogP contribution in [0.25, 0.3) is 0 Å². The summed E-state index contributed by atoms with van der Waals surface area (Å²) in [5.74, 6) is -3.51. The van der Waals surface area contributed by atoms with E-state index in [4.69, 9.17) is 10.5 Å². The molecule has 1 rings (SSSR count). The van der Waals surface area contributed by atoms with Crippen LogP contribution in [0.15, 0.2) is 0 Å². The van der Waals surface area contributed by atoms with Crippen LogP contribution in [0.4, 0.5) is 8.78 Å². The summed E-state index contributed by atoms with van der Waals surface area (Å²) in [6.07, 6.45) is 0.828. The highest BCUT2D eigenvalue weighted by molar-refractivity contribution is 5.85. The summed E-state index contributed by atoms with van der Waals surface area (Å²) in [5, 5.41) is 2.12. The molecule has 90 valence electrons. The SMILES string of the molecule is Cl.NCC(F)(F)CNC(=O)C1CCCO1. The maximum atomic E-state index is 12.6. The lowest BCUT2D eigenvalue weighted by molar-refractivity contribution is -0.131. The zero-order valence-corrected chi connectivity index (χ0v) is 8.99. The van der Waals surface area contributed by atoms with E-state index in [0.29, 0.717) is 13.0 Å². The quantitative estimate of drug-likeness (QED) is 0.748. The van der Waals surface area contributed by atoms with Gasteiger partial charge in [-0.05, 0) is 12.8 Å². The van der Waals surface area contributed by atoms with Gasteiger partial charge in [0.25, 0.3) is 5.92 Å². The first kappa shape index (κ1) is 14.5. The van der Waals surface area contributed by atoms with E-state index in [0.717, 1.165) is 6.42 Å². The lowest BCUT2D eigenvalue weighted by Crippen LogP contribution is -2.44. The summed E-state index contributed by atoms with van der Waals surface area (Å²) in [7, 11) is 0. The van der Waals surface area contributed by atoms with Crippen molar-refractivity contribution in [2.45, 2.75) is 24.9 Å². The molecule has 4 nitrogen and oxygen atoms in total. The average Bonchev–Trinajstić information content (AvgIpc) is 2.67. The predicted molar refractivity (Wildman–Crippen MR) is 53.2 cm³/mol. The van der Waals surface area contributed by atoms with E-state index in [2.05, 4.69) is 5.32 Å². The van der Waals surface area contributed by atoms with Crippen LogP contribution in [0.2, 0.25) is 0 Å². The standard InChI is InChI=1S/C8H14F2N2O2.ClH/c9-8(10,4-11)5-12-7(13)6-2-1-3-14-6;/h6H,1-5,11H2,(H,12,13);1H. The van der Waals surface area contributed by atoms with Gasteiger partial charge in [0, 0.05) is 6.61 Å². The Bertz CT molecular complexity index is 211. The first-order valence-electron chi connectivity index (χ1n) is 4.52. The van der Waals surface area contributed by atoms with Gasteiger partial charge in [-0.1, -0.05) is 0 Å². The van der Waals surface area contributed by atoms with Gasteiger partial charge < -0.3 is 15.8 Å². The molecule has 0 aromatic carbocycles. The Hall–Kier alpha value is -0.460. The molecule has 0 aliphatic carbocycles. The highest BCUT2D eigenvalue weighted by Crippen LogP contribution is 2.13. The Morgan fingerprint density at radius 1 is 1.60 bits per heavy atom. The van der Waals surface area contributed by atoms with Crippen molar-refractivity contribution in [3.63, 3.8) is 0 Å². The van der Waals surface area contributed by atoms with Gasteiger partial charge in [0.2, 0.25) is 5.91 Å². The van der Waals surface area contributed by atoms with Gasteiger partial charge >= 0.3 is 0 Å². The number of halogens is 3. The number of nitrogens with two attached hydrogens (primary N) is 1. The third-order valence-corrected chi connectivity index (χ3v) is 2.04. The predicted octanol–water partition coefficient (Wildman–Crippen LogP) is 0.297. The molecular weight excluding hydrogens is 230 g/mol. The number of amides is 1. The molecule has 0 spiro atoms. The Balaban J connectivity index is 0.00000196. The average molecular weight is 245 g/mol. The van der Waals surface area contributed by atoms with E-state index in [1.165, 1.54) is 0 Å². The summed E-state index contributed by atoms with van der Waals surface area (Å²) >= 11 is 0. The highest BCUT2D eigenvalue weighted by Gasteiger charge is 2.30. The van der Waals surface area contributed by atoms with Crippen LogP contribution in [0, 0.1) is 0 Å². The number of hydrogen-bond acceptors (Lipinski definition) is 3. The molecule has 1 heterocycles. The maximum absolute atomic E-state index is 12.6. The summed E-state index contributed by atoms with van der Waals surface area (Å²) in [4.78, 5) is 11.2. The molecule has 1 atom stereocenters. The van der Waals surface area contributed by atoms with E-state index < -0.39 is 31.0 Å². The molecule has 7 heteroatoms. The van der Waals surface area contributed by atoms with Crippen LogP contribution in [0.5, 0.6) is 0 Å². The molecule has 1 aliphatic rings. The van der Waals surface area contributed by atoms with Crippen molar-refractivity contribution in [2.75, 3.05) is 19.7 Å². The third kappa shape index (κ3) is 4.72. The van der Waals surface area contributed by atoms with E-state index in [1.54, 1.807) is 0 Å². The van der Waals surface area contributed by atoms with Crippen LogP contribution in [-0.2, 0) is 9.53 Å². The second-order valence-corrected chi connectivity index (χ2v) is 3.28. The molecular formula is C8H15ClF2N2O2. The summed E-state index contributed by atoms with van der Waals surface area (Å²) in [6, 6.07) is 0. The molecule has 3 N–H and O–H groups in total. The zero-order valence-electron chi connectivity index (χ0n) is 8.17. The van der Waals surface area contributed by atoms with Gasteiger partial charge in [0.05, 0.1) is 13.1 Å². The van der Waals surface area contributed by atoms with Crippen molar-refractivity contribution in [3.05, 3.63) is 0 Å². The molecule has 0 aromatic heterocycles. The smallest absolute Gasteiger partial charge is 0.277 e. The number of alkyl halides is 2. The van der Waals surface area contributed by atoms with Crippen molar-refractivity contribution in [3.8, 4) is 0 Å². The maximum Gasteiger partial charge on any atom is 0.277 e. The van der Waals surface area contributed by atoms with Gasteiger partial charge in [-0.25, -0.2) is 8.78 Å². The van der Waals surface area contributed by atoms with Crippen LogP contribution >= 0.6 is 12.4 Å². The minimum Gasteiger partial charge on any atom is -0.368 e. The van der Waals surface area contributed by atoms with E-state index in [-0.39, 0.29) is 12.4 Å². The van der Waals surface area contributed by atoms with Crippen molar-refractivity contribution < 1.29 is 18.3 Å². The van der Waals surface area contributed by atoms with Crippen molar-refractivity contribution in [1.29, 1.82) is 0 Å². The fraction of sp³-hybridized carbons (Fsp3) is 0.875. The molecule has 1 saturated heterocycles. The van der Waals surface area contributed by atoms with Crippen LogP contribution < -0.4 is 11.1 Å². The highest BCUT2D eigenvalue weighted by atomic mass is 35.5. The van der Waals surface area contributed by atoms with Gasteiger partial charge in [-0.2, -0.15) is 0 Å². The first-order chi connectivity index (χ1) is 6.55. The molecule has 0 aromatic rings. The number of nitrogens with one attached hydrogen (secondary N) is 1. The number of ether oxygens (including phenoxy) is 1. The Morgan fingerprint density at radius 2 is 2.27 bits per heavy atom. The topological polar surface area (TPSA) is 64.3 Å². The fourth-order valence-corrected chi connectivity index (χ4v) is 1.19. The van der Waals surface area contributed by atoms with Crippen LogP contribution in [0.3, 0.4) is 0 Å². The van der Waals surface area contributed by atoms with E-state index in [9.17, 15) is 13.6 Å². The Morgan fingerprint density at radius 3 is 2.73 bits per heavy atom. The zero-order chi connectivity index (χ0) is 10.6. The lowest BCUT2D eigenvalue weighted by atomic mass is 10.2. The number of hydrogen-bond donors (Lipinski definition) is 2. The van der Waals surface area contributed by atoms with Gasteiger partial charge in [-0.3, -0.25) is 4.79 Å². The molecule has 1 amide bonds. The Labute approximate surface area is 92.9 Å². The van der Waals surface area contributed by atoms with Gasteiger partial charge in [-0.15, -0.1) is 12.4 Å². The lowest BCUT2D eigenvalue weighted by Gasteiger charge is -2.16. The number of rotatable bonds is 4. The molecule has 1 unspecified atom stereocenters. The van der Waals surface area contributed by atoms with Crippen molar-refractivity contribution in [1.82, 2.24) is 5.32 Å². The summed E-state index contributed by atoms with van der Waals surface area (Å²) < 4.78 is 30.3. The second-order valence-electron chi connectivity index (χ2n) is 3.28. The van der Waals surface area contributed by atoms with Gasteiger partial charge in [0.15, 0.2) is 0 Å². The molecule has 0 saturated carbocycles. The summed E-state index contributed by atoms with van der Waals surface area (Å²) in [5.41, 5.74) is 4.81. The first-order valence-corrected chi connectivity index (χ1v) is 4.52. The minimum absolute atomic E-state index is 0. The van der Waals surface area contributed by atoms with Gasteiger partial charge in [0.1, 0.15) is 6.10 Å². The van der Waals surface area contributed by atoms with Crippen molar-refractivity contribution in [2.24, 2.45) is 5.73 Å². The molecule has 0 radical (unpaired) electrons. The molecule has 1 fully saturated rings. The van der Waals surface area contributed by atoms with E-state index in [1.807, 2.05) is 0 Å². The third-order valence-electron chi connectivity index (χ3n) is 2.04. The fourth-order valence-electron chi connectivity index (χ4n) is 1.19. The van der Waals surface area contributed by atoms with Crippen molar-refractivity contribution >= 4 is 18.3 Å². The number of carbonyl (C=O) groups excluding carboxylic acids is 1. The molecule has 1 aliphatic heterocycles. The monoisotopic (exact) mass is 244 g/mol. The largest absolute Gasteiger partial charge is 0.368 e. The minimum atomic E-state index is -3.03. The second kappa shape index (κ2) is 6.19. The van der Waals surface area contributed by atoms with Crippen LogP contribution in [0.1, 0.15) is 12.8 Å². The number of carbonyl (C=O) groups is 1. The molecule has 15 heavy (non-hydrogen) atoms. The molecule has 0 bridgehead atoms. The van der Waals surface area contributed by atoms with Crippen LogP contribution in [-0.4, -0.2) is 37.6 Å².